The summed E-state index contributed by atoms with van der Waals surface area (Å²) < 4.78 is 3.13. The van der Waals surface area contributed by atoms with Gasteiger partial charge in [-0.05, 0) is 30.5 Å². The number of thioether (sulfide) groups is 1. The summed E-state index contributed by atoms with van der Waals surface area (Å²) in [4.78, 5) is 30.9. The Kier molecular flexibility index (Phi) is 3.74. The fraction of sp³-hybridized carbons (Fsp3) is 0.0556. The highest BCUT2D eigenvalue weighted by Gasteiger charge is 2.18. The summed E-state index contributed by atoms with van der Waals surface area (Å²) >= 11 is 1.39. The number of anilines is 1. The molecule has 2 N–H and O–H groups in total. The Morgan fingerprint density at radius 2 is 1.89 bits per heavy atom. The number of pyridine rings is 1. The van der Waals surface area contributed by atoms with Crippen LogP contribution < -0.4 is 11.0 Å². The first-order valence-corrected chi connectivity index (χ1v) is 9.54. The Morgan fingerprint density at radius 1 is 1.04 bits per heavy atom. The molecule has 138 valence electrons. The molecule has 0 saturated carbocycles. The van der Waals surface area contributed by atoms with Crippen molar-refractivity contribution in [2.24, 2.45) is 0 Å². The highest BCUT2D eigenvalue weighted by atomic mass is 32.2. The van der Waals surface area contributed by atoms with Gasteiger partial charge in [0.15, 0.2) is 28.1 Å². The third kappa shape index (κ3) is 2.35. The van der Waals surface area contributed by atoms with E-state index in [1.165, 1.54) is 22.5 Å². The first-order chi connectivity index (χ1) is 13.7. The Balaban J connectivity index is 1.98. The van der Waals surface area contributed by atoms with Crippen LogP contribution in [0.1, 0.15) is 0 Å². The largest absolute Gasteiger partial charge is 0.290 e. The molecule has 10 heteroatoms. The van der Waals surface area contributed by atoms with Gasteiger partial charge in [0.05, 0.1) is 5.52 Å². The van der Waals surface area contributed by atoms with Gasteiger partial charge in [0.1, 0.15) is 5.39 Å². The van der Waals surface area contributed by atoms with Crippen LogP contribution in [-0.2, 0) is 0 Å². The molecule has 5 rings (SSSR count). The quantitative estimate of drug-likeness (QED) is 0.274. The molecule has 0 unspecified atom stereocenters. The van der Waals surface area contributed by atoms with Crippen LogP contribution in [-0.4, -0.2) is 40.6 Å². The number of nitrogens with zero attached hydrogens (tertiary/aromatic N) is 6. The van der Waals surface area contributed by atoms with Gasteiger partial charge in [-0.25, -0.2) is 24.6 Å². The molecule has 1 aromatic carbocycles. The number of hydrogen-bond acceptors (Lipinski definition) is 8. The Morgan fingerprint density at radius 3 is 2.71 bits per heavy atom. The fourth-order valence-electron chi connectivity index (χ4n) is 3.19. The first kappa shape index (κ1) is 16.7. The lowest BCUT2D eigenvalue weighted by Gasteiger charge is -2.09. The molecule has 28 heavy (non-hydrogen) atoms. The van der Waals surface area contributed by atoms with E-state index in [4.69, 9.17) is 0 Å². The average molecular weight is 391 g/mol. The van der Waals surface area contributed by atoms with Crippen molar-refractivity contribution in [1.29, 1.82) is 0 Å². The molecule has 4 aromatic heterocycles. The van der Waals surface area contributed by atoms with Gasteiger partial charge in [-0.15, -0.1) is 0 Å². The second kappa shape index (κ2) is 6.29. The molecule has 0 aliphatic heterocycles. The lowest BCUT2D eigenvalue weighted by atomic mass is 10.2. The lowest BCUT2D eigenvalue weighted by molar-refractivity contribution is 0.386. The summed E-state index contributed by atoms with van der Waals surface area (Å²) in [6, 6.07) is 12.6. The van der Waals surface area contributed by atoms with Crippen LogP contribution in [0.4, 0.5) is 5.82 Å². The molecule has 0 fully saturated rings. The van der Waals surface area contributed by atoms with Crippen molar-refractivity contribution in [2.75, 3.05) is 11.7 Å². The van der Waals surface area contributed by atoms with Gasteiger partial charge in [-0.2, -0.15) is 4.52 Å². The molecule has 5 aromatic rings. The second-order valence-electron chi connectivity index (χ2n) is 5.97. The Hall–Kier alpha value is -3.50. The number of nitrogens with one attached hydrogen (secondary N) is 1. The molecule has 0 atom stereocenters. The van der Waals surface area contributed by atoms with E-state index in [1.807, 2.05) is 36.0 Å². The summed E-state index contributed by atoms with van der Waals surface area (Å²) in [6.45, 7) is 0. The molecule has 0 amide bonds. The van der Waals surface area contributed by atoms with Gasteiger partial charge in [-0.1, -0.05) is 30.0 Å². The van der Waals surface area contributed by atoms with Gasteiger partial charge >= 0.3 is 0 Å². The van der Waals surface area contributed by atoms with E-state index < -0.39 is 0 Å². The smallest absolute Gasteiger partial charge is 0.284 e. The number of fused-ring (bicyclic) bond motifs is 4. The van der Waals surface area contributed by atoms with E-state index in [1.54, 1.807) is 22.9 Å². The van der Waals surface area contributed by atoms with Crippen molar-refractivity contribution in [3.05, 3.63) is 59.0 Å². The van der Waals surface area contributed by atoms with E-state index in [0.29, 0.717) is 27.7 Å². The SMILES string of the molecule is CSc1ncc2c(=O)n3c(nc2n1)c1ccccc1n3-c1cccc(NO)n1. The second-order valence-corrected chi connectivity index (χ2v) is 6.74. The van der Waals surface area contributed by atoms with Gasteiger partial charge < -0.3 is 0 Å². The van der Waals surface area contributed by atoms with Crippen LogP contribution >= 0.6 is 11.8 Å². The normalized spacial score (nSPS) is 11.5. The zero-order valence-corrected chi connectivity index (χ0v) is 15.4. The minimum atomic E-state index is -0.298. The van der Waals surface area contributed by atoms with Crippen molar-refractivity contribution in [3.8, 4) is 5.82 Å². The van der Waals surface area contributed by atoms with Crippen LogP contribution in [0.3, 0.4) is 0 Å². The van der Waals surface area contributed by atoms with Crippen LogP contribution in [0.2, 0.25) is 0 Å². The topological polar surface area (TPSA) is 110 Å². The number of rotatable bonds is 3. The summed E-state index contributed by atoms with van der Waals surface area (Å²) in [5.74, 6) is 0.716. The molecule has 0 aliphatic rings. The van der Waals surface area contributed by atoms with E-state index in [0.717, 1.165) is 10.9 Å². The van der Waals surface area contributed by atoms with Crippen molar-refractivity contribution < 1.29 is 5.21 Å². The maximum atomic E-state index is 13.3. The predicted molar refractivity (Wildman–Crippen MR) is 106 cm³/mol. The number of hydrogen-bond donors (Lipinski definition) is 2. The van der Waals surface area contributed by atoms with Gasteiger partial charge in [-0.3, -0.25) is 15.5 Å². The molecule has 0 radical (unpaired) electrons. The number of benzene rings is 1. The minimum Gasteiger partial charge on any atom is -0.290 e. The van der Waals surface area contributed by atoms with Crippen molar-refractivity contribution in [3.63, 3.8) is 0 Å². The highest BCUT2D eigenvalue weighted by molar-refractivity contribution is 7.98. The minimum absolute atomic E-state index is 0.262. The van der Waals surface area contributed by atoms with Crippen molar-refractivity contribution >= 4 is 45.2 Å². The van der Waals surface area contributed by atoms with Crippen LogP contribution in [0.25, 0.3) is 33.4 Å². The van der Waals surface area contributed by atoms with E-state index in [2.05, 4.69) is 19.9 Å². The number of para-hydroxylation sites is 1. The molecular weight excluding hydrogens is 378 g/mol. The van der Waals surface area contributed by atoms with Crippen LogP contribution in [0, 0.1) is 0 Å². The first-order valence-electron chi connectivity index (χ1n) is 8.32. The maximum Gasteiger partial charge on any atom is 0.284 e. The van der Waals surface area contributed by atoms with Crippen LogP contribution in [0.15, 0.2) is 58.6 Å². The highest BCUT2D eigenvalue weighted by Crippen LogP contribution is 2.24. The maximum absolute atomic E-state index is 13.3. The van der Waals surface area contributed by atoms with Gasteiger partial charge in [0, 0.05) is 11.6 Å². The molecule has 0 aliphatic carbocycles. The van der Waals surface area contributed by atoms with E-state index in [9.17, 15) is 10.0 Å². The molecule has 9 nitrogen and oxygen atoms in total. The molecular formula is C18H13N7O2S. The predicted octanol–water partition coefficient (Wildman–Crippen LogP) is 2.50. The average Bonchev–Trinajstić information content (AvgIpc) is 3.08. The molecule has 4 heterocycles. The zero-order chi connectivity index (χ0) is 19.3. The van der Waals surface area contributed by atoms with Gasteiger partial charge in [0.2, 0.25) is 0 Å². The number of aromatic nitrogens is 6. The lowest BCUT2D eigenvalue weighted by Crippen LogP contribution is -2.22. The van der Waals surface area contributed by atoms with Crippen molar-refractivity contribution in [1.82, 2.24) is 29.1 Å². The van der Waals surface area contributed by atoms with Crippen molar-refractivity contribution in [2.45, 2.75) is 5.16 Å². The fourth-order valence-corrected chi connectivity index (χ4v) is 3.53. The standard InChI is InChI=1S/C18H13N7O2S/c1-28-18-19-9-11-15(22-18)21-16-10-5-2-3-6-12(10)24(25(16)17(11)26)14-8-4-7-13(20-14)23-27/h2-9,27H,1H3,(H,20,23). The van der Waals surface area contributed by atoms with Gasteiger partial charge in [0.25, 0.3) is 5.56 Å². The summed E-state index contributed by atoms with van der Waals surface area (Å²) in [7, 11) is 0. The van der Waals surface area contributed by atoms with Crippen LogP contribution in [0.5, 0.6) is 0 Å². The summed E-state index contributed by atoms with van der Waals surface area (Å²) in [6.07, 6.45) is 3.36. The zero-order valence-electron chi connectivity index (χ0n) is 14.6. The summed E-state index contributed by atoms with van der Waals surface area (Å²) in [5, 5.41) is 10.9. The summed E-state index contributed by atoms with van der Waals surface area (Å²) in [5.41, 5.74) is 3.32. The molecule has 0 spiro atoms. The monoisotopic (exact) mass is 391 g/mol. The van der Waals surface area contributed by atoms with E-state index in [-0.39, 0.29) is 11.4 Å². The molecule has 0 bridgehead atoms. The molecule has 0 saturated heterocycles. The Labute approximate surface area is 161 Å². The van der Waals surface area contributed by atoms with E-state index >= 15 is 0 Å². The third-order valence-electron chi connectivity index (χ3n) is 4.40. The Bertz CT molecular complexity index is 1430. The third-order valence-corrected chi connectivity index (χ3v) is 4.97.